The Bertz CT molecular complexity index is 1430. The molecule has 1 N–H and O–H groups in total. The Labute approximate surface area is 218 Å². The molecule has 1 atom stereocenters. The molecule has 192 valence electrons. The van der Waals surface area contributed by atoms with Crippen molar-refractivity contribution in [2.24, 2.45) is 5.92 Å². The normalized spacial score (nSPS) is 15.4. The third kappa shape index (κ3) is 5.39. The summed E-state index contributed by atoms with van der Waals surface area (Å²) in [6.45, 7) is 8.78. The standard InChI is InChI=1S/C31H35N3O3/c1-3-34-28-10-5-4-9-26(28)27-19-24(11-12-29(27)34)21-32-13-15-33(16-14-32)31(37)25(20-30(35)36)18-23-8-6-7-22(2)17-23/h4-12,17,19,25H,3,13-16,18,20-21H2,1-2H3,(H,35,36). The minimum Gasteiger partial charge on any atom is -0.481 e. The minimum absolute atomic E-state index is 0.0441. The zero-order chi connectivity index (χ0) is 25.9. The molecule has 4 aromatic rings. The van der Waals surface area contributed by atoms with Gasteiger partial charge in [0.15, 0.2) is 0 Å². The summed E-state index contributed by atoms with van der Waals surface area (Å²) >= 11 is 0. The molecule has 0 radical (unpaired) electrons. The SMILES string of the molecule is CCn1c2ccccc2c2cc(CN3CCN(C(=O)C(CC(=O)O)Cc4cccc(C)c4)CC3)ccc21. The maximum Gasteiger partial charge on any atom is 0.304 e. The van der Waals surface area contributed by atoms with Crippen molar-refractivity contribution in [3.8, 4) is 0 Å². The summed E-state index contributed by atoms with van der Waals surface area (Å²) in [6, 6.07) is 23.3. The number of para-hydroxylation sites is 1. The van der Waals surface area contributed by atoms with Crippen LogP contribution in [0.15, 0.2) is 66.7 Å². The highest BCUT2D eigenvalue weighted by atomic mass is 16.4. The molecule has 2 heterocycles. The molecule has 3 aromatic carbocycles. The van der Waals surface area contributed by atoms with E-state index in [1.54, 1.807) is 0 Å². The molecule has 0 bridgehead atoms. The molecule has 1 amide bonds. The first-order valence-corrected chi connectivity index (χ1v) is 13.2. The first-order chi connectivity index (χ1) is 17.9. The van der Waals surface area contributed by atoms with Crippen LogP contribution in [-0.2, 0) is 29.1 Å². The van der Waals surface area contributed by atoms with Gasteiger partial charge in [-0.25, -0.2) is 0 Å². The lowest BCUT2D eigenvalue weighted by Gasteiger charge is -2.36. The lowest BCUT2D eigenvalue weighted by Crippen LogP contribution is -2.50. The fourth-order valence-electron chi connectivity index (χ4n) is 5.76. The van der Waals surface area contributed by atoms with E-state index in [0.29, 0.717) is 19.5 Å². The monoisotopic (exact) mass is 497 g/mol. The molecule has 37 heavy (non-hydrogen) atoms. The number of piperazine rings is 1. The van der Waals surface area contributed by atoms with Crippen molar-refractivity contribution in [2.45, 2.75) is 39.8 Å². The highest BCUT2D eigenvalue weighted by Gasteiger charge is 2.29. The molecule has 1 saturated heterocycles. The van der Waals surface area contributed by atoms with Gasteiger partial charge in [-0.3, -0.25) is 14.5 Å². The summed E-state index contributed by atoms with van der Waals surface area (Å²) in [5.74, 6) is -1.51. The summed E-state index contributed by atoms with van der Waals surface area (Å²) in [6.07, 6.45) is 0.316. The molecule has 0 spiro atoms. The topological polar surface area (TPSA) is 65.8 Å². The molecule has 1 fully saturated rings. The number of carbonyl (C=O) groups excluding carboxylic acids is 1. The Balaban J connectivity index is 1.25. The van der Waals surface area contributed by atoms with Gasteiger partial charge >= 0.3 is 5.97 Å². The molecule has 1 aromatic heterocycles. The van der Waals surface area contributed by atoms with E-state index in [0.717, 1.165) is 37.3 Å². The maximum atomic E-state index is 13.3. The Hall–Kier alpha value is -3.64. The Morgan fingerprint density at radius 1 is 0.865 bits per heavy atom. The Kier molecular flexibility index (Phi) is 7.28. The predicted molar refractivity (Wildman–Crippen MR) is 148 cm³/mol. The number of aliphatic carboxylic acids is 1. The second-order valence-electron chi connectivity index (χ2n) is 10.2. The van der Waals surface area contributed by atoms with E-state index in [9.17, 15) is 14.7 Å². The number of aryl methyl sites for hydroxylation is 2. The molecule has 5 rings (SSSR count). The Morgan fingerprint density at radius 3 is 2.35 bits per heavy atom. The van der Waals surface area contributed by atoms with Gasteiger partial charge in [-0.05, 0) is 49.6 Å². The second kappa shape index (κ2) is 10.8. The fraction of sp³-hybridized carbons (Fsp3) is 0.355. The van der Waals surface area contributed by atoms with E-state index in [4.69, 9.17) is 0 Å². The number of carboxylic acids is 1. The van der Waals surface area contributed by atoms with Gasteiger partial charge in [0.25, 0.3) is 0 Å². The van der Waals surface area contributed by atoms with Crippen molar-refractivity contribution in [3.05, 3.63) is 83.4 Å². The molecular weight excluding hydrogens is 462 g/mol. The van der Waals surface area contributed by atoms with E-state index in [1.165, 1.54) is 27.4 Å². The Morgan fingerprint density at radius 2 is 1.62 bits per heavy atom. The van der Waals surface area contributed by atoms with Crippen LogP contribution in [-0.4, -0.2) is 57.5 Å². The van der Waals surface area contributed by atoms with Gasteiger partial charge in [-0.1, -0.05) is 54.1 Å². The average Bonchev–Trinajstić information content (AvgIpc) is 3.21. The van der Waals surface area contributed by atoms with E-state index in [-0.39, 0.29) is 12.3 Å². The van der Waals surface area contributed by atoms with Crippen molar-refractivity contribution in [1.29, 1.82) is 0 Å². The number of hydrogen-bond donors (Lipinski definition) is 1. The zero-order valence-electron chi connectivity index (χ0n) is 21.7. The number of nitrogens with zero attached hydrogens (tertiary/aromatic N) is 3. The summed E-state index contributed by atoms with van der Waals surface area (Å²) in [4.78, 5) is 29.1. The average molecular weight is 498 g/mol. The molecule has 6 heteroatoms. The van der Waals surface area contributed by atoms with Crippen molar-refractivity contribution >= 4 is 33.7 Å². The number of carbonyl (C=O) groups is 2. The van der Waals surface area contributed by atoms with Gasteiger partial charge in [0.05, 0.1) is 12.3 Å². The second-order valence-corrected chi connectivity index (χ2v) is 10.2. The molecular formula is C31H35N3O3. The van der Waals surface area contributed by atoms with Crippen LogP contribution < -0.4 is 0 Å². The molecule has 0 aliphatic carbocycles. The maximum absolute atomic E-state index is 13.3. The zero-order valence-corrected chi connectivity index (χ0v) is 21.7. The van der Waals surface area contributed by atoms with Crippen LogP contribution >= 0.6 is 0 Å². The van der Waals surface area contributed by atoms with Crippen molar-refractivity contribution < 1.29 is 14.7 Å². The number of rotatable bonds is 8. The van der Waals surface area contributed by atoms with Gasteiger partial charge in [-0.2, -0.15) is 0 Å². The quantitative estimate of drug-likeness (QED) is 0.368. The summed E-state index contributed by atoms with van der Waals surface area (Å²) in [5.41, 5.74) is 5.93. The first kappa shape index (κ1) is 25.0. The van der Waals surface area contributed by atoms with Crippen LogP contribution in [0.3, 0.4) is 0 Å². The minimum atomic E-state index is -0.926. The number of carboxylic acid groups (broad SMARTS) is 1. The molecule has 1 unspecified atom stereocenters. The van der Waals surface area contributed by atoms with Crippen LogP contribution in [0.1, 0.15) is 30.0 Å². The van der Waals surface area contributed by atoms with Gasteiger partial charge in [0.1, 0.15) is 0 Å². The number of benzene rings is 3. The van der Waals surface area contributed by atoms with E-state index >= 15 is 0 Å². The van der Waals surface area contributed by atoms with Gasteiger partial charge in [-0.15, -0.1) is 0 Å². The molecule has 6 nitrogen and oxygen atoms in total. The van der Waals surface area contributed by atoms with Crippen molar-refractivity contribution in [1.82, 2.24) is 14.4 Å². The number of hydrogen-bond acceptors (Lipinski definition) is 3. The fourth-order valence-corrected chi connectivity index (χ4v) is 5.76. The third-order valence-electron chi connectivity index (χ3n) is 7.58. The van der Waals surface area contributed by atoms with Crippen LogP contribution in [0.4, 0.5) is 0 Å². The summed E-state index contributed by atoms with van der Waals surface area (Å²) in [5, 5.41) is 12.0. The van der Waals surface area contributed by atoms with Gasteiger partial charge < -0.3 is 14.6 Å². The first-order valence-electron chi connectivity index (χ1n) is 13.2. The summed E-state index contributed by atoms with van der Waals surface area (Å²) in [7, 11) is 0. The number of aromatic nitrogens is 1. The smallest absolute Gasteiger partial charge is 0.304 e. The summed E-state index contributed by atoms with van der Waals surface area (Å²) < 4.78 is 2.36. The van der Waals surface area contributed by atoms with E-state index < -0.39 is 11.9 Å². The van der Waals surface area contributed by atoms with Crippen molar-refractivity contribution in [2.75, 3.05) is 26.2 Å². The van der Waals surface area contributed by atoms with Gasteiger partial charge in [0.2, 0.25) is 5.91 Å². The van der Waals surface area contributed by atoms with E-state index in [1.807, 2.05) is 36.1 Å². The van der Waals surface area contributed by atoms with Crippen LogP contribution in [0.2, 0.25) is 0 Å². The molecule has 1 aliphatic rings. The lowest BCUT2D eigenvalue weighted by molar-refractivity contribution is -0.145. The van der Waals surface area contributed by atoms with E-state index in [2.05, 4.69) is 58.9 Å². The van der Waals surface area contributed by atoms with Crippen LogP contribution in [0.5, 0.6) is 0 Å². The number of amides is 1. The van der Waals surface area contributed by atoms with Crippen LogP contribution in [0, 0.1) is 12.8 Å². The number of fused-ring (bicyclic) bond motifs is 3. The molecule has 0 saturated carbocycles. The van der Waals surface area contributed by atoms with Gasteiger partial charge in [0, 0.05) is 61.1 Å². The lowest BCUT2D eigenvalue weighted by atomic mass is 9.93. The van der Waals surface area contributed by atoms with Crippen molar-refractivity contribution in [3.63, 3.8) is 0 Å². The highest BCUT2D eigenvalue weighted by Crippen LogP contribution is 2.30. The van der Waals surface area contributed by atoms with Crippen LogP contribution in [0.25, 0.3) is 21.8 Å². The molecule has 1 aliphatic heterocycles. The predicted octanol–water partition coefficient (Wildman–Crippen LogP) is 5.10. The highest BCUT2D eigenvalue weighted by molar-refractivity contribution is 6.08. The third-order valence-corrected chi connectivity index (χ3v) is 7.58. The largest absolute Gasteiger partial charge is 0.481 e.